The first-order chi connectivity index (χ1) is 24.7. The van der Waals surface area contributed by atoms with E-state index in [-0.39, 0.29) is 43.5 Å². The van der Waals surface area contributed by atoms with Crippen molar-refractivity contribution in [3.63, 3.8) is 0 Å². The van der Waals surface area contributed by atoms with E-state index < -0.39 is 26.8 Å². The van der Waals surface area contributed by atoms with Crippen LogP contribution in [0.25, 0.3) is 16.7 Å². The lowest BCUT2D eigenvalue weighted by Crippen LogP contribution is -2.47. The molecule has 13 heteroatoms. The first-order valence-corrected chi connectivity index (χ1v) is 21.1. The summed E-state index contributed by atoms with van der Waals surface area (Å²) in [6.07, 6.45) is 4.01. The minimum atomic E-state index is -4.43. The van der Waals surface area contributed by atoms with Crippen molar-refractivity contribution in [1.29, 1.82) is 0 Å². The molecular formula is C41H44Cl3N2O6S2+. The Bertz CT molecular complexity index is 2530. The molecule has 1 N–H and O–H groups in total. The van der Waals surface area contributed by atoms with Gasteiger partial charge < -0.3 is 9.64 Å². The molecule has 0 radical (unpaired) electrons. The summed E-state index contributed by atoms with van der Waals surface area (Å²) in [5, 5.41) is 1.41. The van der Waals surface area contributed by atoms with Crippen LogP contribution in [0.5, 0.6) is 11.5 Å². The average molecular weight is 831 g/mol. The standard InChI is InChI=1S/C41H43Cl3N2O6S2/c1-20-16-40(6,7)45(10)27-14-29-25(12-23(20)27)33(34-32(21(2)47)35(42)37(44)38(36(34)43)53-18-31(48)39(3,4)5)26-13-24-22(19-54(49,50)51)17-41(8,9)46(11)28(24)15-30(26)52-29/h12-17H,18-19H2,1-11H3/p+1. The predicted octanol–water partition coefficient (Wildman–Crippen LogP) is 8.73. The summed E-state index contributed by atoms with van der Waals surface area (Å²) in [4.78, 5) is 29.3. The molecule has 3 heterocycles. The molecular weight excluding hydrogens is 787 g/mol. The second-order valence-corrected chi connectivity index (χ2v) is 20.0. The number of carbonyl (C=O) groups excluding carboxylic acids is 2. The molecule has 8 nitrogen and oxygen atoms in total. The molecule has 0 spiro atoms. The van der Waals surface area contributed by atoms with Gasteiger partial charge in [-0.1, -0.05) is 61.7 Å². The lowest BCUT2D eigenvalue weighted by molar-refractivity contribution is -0.123. The summed E-state index contributed by atoms with van der Waals surface area (Å²) in [5.41, 5.74) is 3.90. The fourth-order valence-corrected chi connectivity index (χ4v) is 10.3. The van der Waals surface area contributed by atoms with Gasteiger partial charge in [0.2, 0.25) is 5.36 Å². The molecule has 3 aliphatic rings. The Morgan fingerprint density at radius 3 is 2.19 bits per heavy atom. The van der Waals surface area contributed by atoms with Crippen molar-refractivity contribution in [1.82, 2.24) is 4.58 Å². The monoisotopic (exact) mass is 829 g/mol. The third kappa shape index (κ3) is 6.96. The third-order valence-electron chi connectivity index (χ3n) is 10.7. The van der Waals surface area contributed by atoms with Crippen LogP contribution < -0.4 is 24.8 Å². The number of fused-ring (bicyclic) bond motifs is 4. The second kappa shape index (κ2) is 13.5. The maximum Gasteiger partial charge on any atom is 0.269 e. The molecule has 0 aliphatic carbocycles. The summed E-state index contributed by atoms with van der Waals surface area (Å²) >= 11 is 22.5. The molecule has 6 rings (SSSR count). The van der Waals surface area contributed by atoms with E-state index in [4.69, 9.17) is 39.5 Å². The summed E-state index contributed by atoms with van der Waals surface area (Å²) in [6, 6.07) is 7.67. The van der Waals surface area contributed by atoms with E-state index in [0.29, 0.717) is 54.8 Å². The molecule has 54 heavy (non-hydrogen) atoms. The van der Waals surface area contributed by atoms with Crippen molar-refractivity contribution in [3.05, 3.63) is 89.9 Å². The van der Waals surface area contributed by atoms with Crippen LogP contribution in [0, 0.1) is 5.41 Å². The van der Waals surface area contributed by atoms with Gasteiger partial charge in [-0.05, 0) is 57.0 Å². The van der Waals surface area contributed by atoms with Crippen LogP contribution in [-0.2, 0) is 14.9 Å². The number of likely N-dealkylation sites (N-methyl/N-ethyl adjacent to an activating group) is 2. The Hall–Kier alpha value is -3.12. The Balaban J connectivity index is 1.81. The summed E-state index contributed by atoms with van der Waals surface area (Å²) in [7, 11) is -0.499. The highest BCUT2D eigenvalue weighted by Crippen LogP contribution is 2.51. The minimum Gasteiger partial charge on any atom is -0.456 e. The molecule has 0 fully saturated rings. The number of nitrogens with zero attached hydrogens (tertiary/aromatic N) is 2. The summed E-state index contributed by atoms with van der Waals surface area (Å²) < 4.78 is 43.6. The second-order valence-electron chi connectivity index (χ2n) is 16.4. The zero-order valence-electron chi connectivity index (χ0n) is 32.2. The molecule has 0 atom stereocenters. The number of benzene rings is 3. The number of allylic oxidation sites excluding steroid dienone is 1. The lowest BCUT2D eigenvalue weighted by Gasteiger charge is -2.41. The van der Waals surface area contributed by atoms with Crippen LogP contribution in [0.3, 0.4) is 0 Å². The van der Waals surface area contributed by atoms with Crippen LogP contribution >= 0.6 is 46.6 Å². The Morgan fingerprint density at radius 2 is 1.59 bits per heavy atom. The number of anilines is 1. The van der Waals surface area contributed by atoms with Gasteiger partial charge in [-0.15, -0.1) is 11.8 Å². The average Bonchev–Trinajstić information content (AvgIpc) is 3.04. The lowest BCUT2D eigenvalue weighted by atomic mass is 9.83. The number of ketones is 2. The molecule has 3 aromatic rings. The highest BCUT2D eigenvalue weighted by molar-refractivity contribution is 8.00. The SMILES string of the molecule is CC(=O)c1c(Cl)c(Cl)c(SCC(=O)C(C)(C)C)c(Cl)c1C1=c2cc3c(cc2Oc2cc4c(cc21)C(C)=CC(C)(C)N4C)=[N+](C)C(C)(C)C=C3CS(=O)(=O)O. The molecule has 3 aliphatic heterocycles. The topological polar surface area (TPSA) is 104 Å². The number of hydrogen-bond donors (Lipinski definition) is 1. The number of thioether (sulfide) groups is 1. The van der Waals surface area contributed by atoms with E-state index in [1.807, 2.05) is 90.6 Å². The molecule has 0 saturated heterocycles. The van der Waals surface area contributed by atoms with E-state index in [1.54, 1.807) is 0 Å². The van der Waals surface area contributed by atoms with Crippen molar-refractivity contribution in [3.8, 4) is 11.5 Å². The van der Waals surface area contributed by atoms with Gasteiger partial charge in [-0.3, -0.25) is 14.1 Å². The fraction of sp³-hybridized carbons (Fsp3) is 0.390. The first-order valence-electron chi connectivity index (χ1n) is 17.4. The highest BCUT2D eigenvalue weighted by Gasteiger charge is 2.38. The van der Waals surface area contributed by atoms with Gasteiger partial charge >= 0.3 is 0 Å². The third-order valence-corrected chi connectivity index (χ3v) is 13.9. The van der Waals surface area contributed by atoms with Gasteiger partial charge in [-0.2, -0.15) is 8.42 Å². The zero-order chi connectivity index (χ0) is 40.2. The normalized spacial score (nSPS) is 17.1. The first kappa shape index (κ1) is 40.5. The molecule has 0 aromatic heterocycles. The van der Waals surface area contributed by atoms with Crippen LogP contribution in [0.15, 0.2) is 41.3 Å². The maximum atomic E-state index is 13.7. The largest absolute Gasteiger partial charge is 0.456 e. The van der Waals surface area contributed by atoms with Gasteiger partial charge in [-0.25, -0.2) is 4.58 Å². The molecule has 3 aromatic carbocycles. The maximum absolute atomic E-state index is 13.7. The van der Waals surface area contributed by atoms with Crippen LogP contribution in [0.4, 0.5) is 5.69 Å². The van der Waals surface area contributed by atoms with Gasteiger partial charge in [0.1, 0.15) is 30.1 Å². The Labute approximate surface area is 336 Å². The van der Waals surface area contributed by atoms with E-state index in [1.165, 1.54) is 6.92 Å². The number of halogens is 3. The molecule has 0 saturated carbocycles. The predicted molar refractivity (Wildman–Crippen MR) is 222 cm³/mol. The number of Topliss-reactive ketones (excluding diaryl/α,β-unsaturated/α-hetero) is 2. The minimum absolute atomic E-state index is 0.00159. The number of rotatable bonds is 7. The van der Waals surface area contributed by atoms with E-state index >= 15 is 0 Å². The highest BCUT2D eigenvalue weighted by atomic mass is 35.5. The molecule has 0 bridgehead atoms. The van der Waals surface area contributed by atoms with E-state index in [2.05, 4.69) is 24.8 Å². The van der Waals surface area contributed by atoms with Gasteiger partial charge in [0, 0.05) is 76.0 Å². The van der Waals surface area contributed by atoms with E-state index in [0.717, 1.165) is 28.6 Å². The number of hydrogen-bond acceptors (Lipinski definition) is 7. The molecule has 286 valence electrons. The summed E-state index contributed by atoms with van der Waals surface area (Å²) in [6.45, 7) is 17.1. The van der Waals surface area contributed by atoms with E-state index in [9.17, 15) is 22.6 Å². The quantitative estimate of drug-likeness (QED) is 0.0649. The Morgan fingerprint density at radius 1 is 0.944 bits per heavy atom. The number of carbonyl (C=O) groups is 2. The zero-order valence-corrected chi connectivity index (χ0v) is 36.1. The van der Waals surface area contributed by atoms with Crippen molar-refractivity contribution < 1.29 is 27.3 Å². The Kier molecular flexibility index (Phi) is 10.2. The van der Waals surface area contributed by atoms with Crippen molar-refractivity contribution >= 4 is 90.7 Å². The van der Waals surface area contributed by atoms with Crippen LogP contribution in [-0.4, -0.2) is 61.2 Å². The number of ether oxygens (including phenoxy) is 1. The van der Waals surface area contributed by atoms with Crippen molar-refractivity contribution in [2.24, 2.45) is 5.41 Å². The van der Waals surface area contributed by atoms with Gasteiger partial charge in [0.05, 0.1) is 38.0 Å². The van der Waals surface area contributed by atoms with Crippen molar-refractivity contribution in [2.75, 3.05) is 30.5 Å². The smallest absolute Gasteiger partial charge is 0.269 e. The summed E-state index contributed by atoms with van der Waals surface area (Å²) in [5.74, 6) is -0.0234. The fourth-order valence-electron chi connectivity index (χ4n) is 7.29. The van der Waals surface area contributed by atoms with Crippen LogP contribution in [0.2, 0.25) is 15.1 Å². The molecule has 0 unspecified atom stereocenters. The van der Waals surface area contributed by atoms with Crippen LogP contribution in [0.1, 0.15) is 94.9 Å². The van der Waals surface area contributed by atoms with Crippen molar-refractivity contribution in [2.45, 2.75) is 78.3 Å². The van der Waals surface area contributed by atoms with Gasteiger partial charge in [0.25, 0.3) is 10.1 Å². The molecule has 0 amide bonds. The van der Waals surface area contributed by atoms with Gasteiger partial charge in [0.15, 0.2) is 11.3 Å².